The zero-order valence-corrected chi connectivity index (χ0v) is 15.9. The smallest absolute Gasteiger partial charge is 0.240 e. The van der Waals surface area contributed by atoms with E-state index in [2.05, 4.69) is 10.0 Å². The van der Waals surface area contributed by atoms with Crippen LogP contribution >= 0.6 is 0 Å². The van der Waals surface area contributed by atoms with E-state index in [4.69, 9.17) is 4.74 Å². The van der Waals surface area contributed by atoms with Gasteiger partial charge in [0.05, 0.1) is 11.5 Å². The SMILES string of the molecule is CNS(=O)(=O)c1ccc(CCC(=O)NCCCOc2ccc(F)cc2)cc1. The topological polar surface area (TPSA) is 84.5 Å². The summed E-state index contributed by atoms with van der Waals surface area (Å²) >= 11 is 0. The molecule has 0 aromatic heterocycles. The number of carbonyl (C=O) groups excluding carboxylic acids is 1. The highest BCUT2D eigenvalue weighted by Crippen LogP contribution is 2.12. The maximum absolute atomic E-state index is 12.8. The van der Waals surface area contributed by atoms with Crippen LogP contribution in [0.15, 0.2) is 53.4 Å². The molecule has 0 bridgehead atoms. The molecule has 27 heavy (non-hydrogen) atoms. The van der Waals surface area contributed by atoms with Crippen molar-refractivity contribution in [1.29, 1.82) is 0 Å². The quantitative estimate of drug-likeness (QED) is 0.606. The lowest BCUT2D eigenvalue weighted by Crippen LogP contribution is -2.25. The predicted molar refractivity (Wildman–Crippen MR) is 101 cm³/mol. The van der Waals surface area contributed by atoms with Crippen LogP contribution in [0.1, 0.15) is 18.4 Å². The van der Waals surface area contributed by atoms with Crippen LogP contribution in [-0.4, -0.2) is 34.5 Å². The molecule has 2 rings (SSSR count). The van der Waals surface area contributed by atoms with Gasteiger partial charge in [-0.15, -0.1) is 0 Å². The fraction of sp³-hybridized carbons (Fsp3) is 0.316. The van der Waals surface area contributed by atoms with E-state index in [1.807, 2.05) is 0 Å². The number of sulfonamides is 1. The van der Waals surface area contributed by atoms with Gasteiger partial charge < -0.3 is 10.1 Å². The molecule has 146 valence electrons. The Hall–Kier alpha value is -2.45. The van der Waals surface area contributed by atoms with Gasteiger partial charge >= 0.3 is 0 Å². The summed E-state index contributed by atoms with van der Waals surface area (Å²) in [4.78, 5) is 12.1. The summed E-state index contributed by atoms with van der Waals surface area (Å²) in [5.74, 6) is 0.197. The molecule has 6 nitrogen and oxygen atoms in total. The van der Waals surface area contributed by atoms with Crippen LogP contribution in [0.3, 0.4) is 0 Å². The zero-order chi connectivity index (χ0) is 19.7. The van der Waals surface area contributed by atoms with E-state index in [1.54, 1.807) is 24.3 Å². The minimum Gasteiger partial charge on any atom is -0.494 e. The Bertz CT molecular complexity index is 837. The molecule has 0 aliphatic carbocycles. The average Bonchev–Trinajstić information content (AvgIpc) is 2.68. The lowest BCUT2D eigenvalue weighted by molar-refractivity contribution is -0.121. The normalized spacial score (nSPS) is 11.2. The lowest BCUT2D eigenvalue weighted by Gasteiger charge is -2.08. The van der Waals surface area contributed by atoms with Crippen LogP contribution in [0.2, 0.25) is 0 Å². The van der Waals surface area contributed by atoms with E-state index in [0.717, 1.165) is 5.56 Å². The van der Waals surface area contributed by atoms with Crippen LogP contribution in [0.5, 0.6) is 5.75 Å². The van der Waals surface area contributed by atoms with Gasteiger partial charge in [-0.25, -0.2) is 17.5 Å². The fourth-order valence-electron chi connectivity index (χ4n) is 2.32. The Morgan fingerprint density at radius 2 is 1.74 bits per heavy atom. The summed E-state index contributed by atoms with van der Waals surface area (Å²) in [7, 11) is -2.09. The predicted octanol–water partition coefficient (Wildman–Crippen LogP) is 2.25. The highest BCUT2D eigenvalue weighted by atomic mass is 32.2. The molecule has 2 aromatic carbocycles. The van der Waals surface area contributed by atoms with Gasteiger partial charge in [0.15, 0.2) is 0 Å². The largest absolute Gasteiger partial charge is 0.494 e. The maximum atomic E-state index is 12.8. The van der Waals surface area contributed by atoms with Crippen LogP contribution in [0.25, 0.3) is 0 Å². The third-order valence-corrected chi connectivity index (χ3v) is 5.30. The van der Waals surface area contributed by atoms with E-state index in [0.29, 0.717) is 38.2 Å². The second kappa shape index (κ2) is 10.0. The Morgan fingerprint density at radius 3 is 2.37 bits per heavy atom. The van der Waals surface area contributed by atoms with Crippen molar-refractivity contribution in [2.75, 3.05) is 20.2 Å². The van der Waals surface area contributed by atoms with Gasteiger partial charge in [-0.3, -0.25) is 4.79 Å². The van der Waals surface area contributed by atoms with Crippen molar-refractivity contribution in [2.24, 2.45) is 0 Å². The van der Waals surface area contributed by atoms with Gasteiger partial charge in [0.25, 0.3) is 0 Å². The molecule has 0 saturated heterocycles. The third kappa shape index (κ3) is 6.99. The minimum absolute atomic E-state index is 0.0799. The molecule has 2 aromatic rings. The number of amides is 1. The monoisotopic (exact) mass is 394 g/mol. The summed E-state index contributed by atoms with van der Waals surface area (Å²) in [6, 6.07) is 12.2. The first-order valence-electron chi connectivity index (χ1n) is 8.58. The fourth-order valence-corrected chi connectivity index (χ4v) is 3.05. The minimum atomic E-state index is -3.45. The van der Waals surface area contributed by atoms with Crippen molar-refractivity contribution in [1.82, 2.24) is 10.0 Å². The van der Waals surface area contributed by atoms with E-state index in [1.165, 1.54) is 31.3 Å². The number of halogens is 1. The second-order valence-electron chi connectivity index (χ2n) is 5.86. The molecule has 0 saturated carbocycles. The molecule has 0 aliphatic rings. The Balaban J connectivity index is 1.64. The molecule has 0 unspecified atom stereocenters. The number of hydrogen-bond acceptors (Lipinski definition) is 4. The van der Waals surface area contributed by atoms with E-state index < -0.39 is 10.0 Å². The highest BCUT2D eigenvalue weighted by Gasteiger charge is 2.10. The molecule has 0 fully saturated rings. The van der Waals surface area contributed by atoms with Crippen LogP contribution in [0.4, 0.5) is 4.39 Å². The first kappa shape index (κ1) is 20.9. The third-order valence-electron chi connectivity index (χ3n) is 3.87. The molecular weight excluding hydrogens is 371 g/mol. The van der Waals surface area contributed by atoms with Crippen molar-refractivity contribution in [3.8, 4) is 5.75 Å². The van der Waals surface area contributed by atoms with Crippen LogP contribution in [0, 0.1) is 5.82 Å². The zero-order valence-electron chi connectivity index (χ0n) is 15.1. The summed E-state index contributed by atoms with van der Waals surface area (Å²) < 4.78 is 43.8. The number of aryl methyl sites for hydroxylation is 1. The average molecular weight is 394 g/mol. The van der Waals surface area contributed by atoms with Crippen molar-refractivity contribution in [2.45, 2.75) is 24.2 Å². The van der Waals surface area contributed by atoms with E-state index in [-0.39, 0.29) is 16.6 Å². The number of benzene rings is 2. The first-order chi connectivity index (χ1) is 12.9. The molecule has 0 radical (unpaired) electrons. The van der Waals surface area contributed by atoms with E-state index >= 15 is 0 Å². The molecule has 8 heteroatoms. The Morgan fingerprint density at radius 1 is 1.07 bits per heavy atom. The van der Waals surface area contributed by atoms with Crippen molar-refractivity contribution >= 4 is 15.9 Å². The number of ether oxygens (including phenoxy) is 1. The molecule has 2 N–H and O–H groups in total. The second-order valence-corrected chi connectivity index (χ2v) is 7.74. The molecule has 1 amide bonds. The molecular formula is C19H23FN2O4S. The standard InChI is InChI=1S/C19H23FN2O4S/c1-21-27(24,25)18-10-3-15(4-11-18)5-12-19(23)22-13-2-14-26-17-8-6-16(20)7-9-17/h3-4,6-11,21H,2,5,12-14H2,1H3,(H,22,23). The summed E-state index contributed by atoms with van der Waals surface area (Å²) in [5, 5.41) is 2.81. The number of carbonyl (C=O) groups is 1. The van der Waals surface area contributed by atoms with Gasteiger partial charge in [0, 0.05) is 13.0 Å². The van der Waals surface area contributed by atoms with Crippen molar-refractivity contribution in [3.63, 3.8) is 0 Å². The summed E-state index contributed by atoms with van der Waals surface area (Å²) in [6.45, 7) is 0.909. The Kier molecular flexibility index (Phi) is 7.75. The molecule has 0 atom stereocenters. The number of nitrogens with one attached hydrogen (secondary N) is 2. The van der Waals surface area contributed by atoms with Gasteiger partial charge in [0.2, 0.25) is 15.9 Å². The van der Waals surface area contributed by atoms with Crippen molar-refractivity contribution < 1.29 is 22.3 Å². The van der Waals surface area contributed by atoms with E-state index in [9.17, 15) is 17.6 Å². The molecule has 0 aliphatic heterocycles. The van der Waals surface area contributed by atoms with Gasteiger partial charge in [-0.05, 0) is 61.9 Å². The summed E-state index contributed by atoms with van der Waals surface area (Å²) in [5.41, 5.74) is 0.889. The van der Waals surface area contributed by atoms with Crippen LogP contribution < -0.4 is 14.8 Å². The van der Waals surface area contributed by atoms with Crippen LogP contribution in [-0.2, 0) is 21.2 Å². The molecule has 0 heterocycles. The Labute approximate surface area is 158 Å². The maximum Gasteiger partial charge on any atom is 0.240 e. The van der Waals surface area contributed by atoms with Crippen molar-refractivity contribution in [3.05, 3.63) is 59.9 Å². The lowest BCUT2D eigenvalue weighted by atomic mass is 10.1. The molecule has 0 spiro atoms. The van der Waals surface area contributed by atoms with Gasteiger partial charge in [-0.1, -0.05) is 12.1 Å². The van der Waals surface area contributed by atoms with Gasteiger partial charge in [0.1, 0.15) is 11.6 Å². The number of rotatable bonds is 10. The van der Waals surface area contributed by atoms with Gasteiger partial charge in [-0.2, -0.15) is 0 Å². The highest BCUT2D eigenvalue weighted by molar-refractivity contribution is 7.89. The number of hydrogen-bond donors (Lipinski definition) is 2. The summed E-state index contributed by atoms with van der Waals surface area (Å²) in [6.07, 6.45) is 1.48. The first-order valence-corrected chi connectivity index (χ1v) is 10.1.